The number of hydrogen-bond donors (Lipinski definition) is 4. The Labute approximate surface area is 151 Å². The number of nitrogens with zero attached hydrogens (tertiary/aromatic N) is 2. The van der Waals surface area contributed by atoms with Gasteiger partial charge in [0.15, 0.2) is 0 Å². The van der Waals surface area contributed by atoms with E-state index in [4.69, 9.17) is 5.11 Å². The van der Waals surface area contributed by atoms with E-state index in [0.29, 0.717) is 18.1 Å². The molecule has 1 heterocycles. The van der Waals surface area contributed by atoms with Crippen molar-refractivity contribution in [3.63, 3.8) is 0 Å². The maximum Gasteiger partial charge on any atom is 0.326 e. The molecule has 4 N–H and O–H groups in total. The molecule has 7 nitrogen and oxygen atoms in total. The summed E-state index contributed by atoms with van der Waals surface area (Å²) in [6, 6.07) is 15.0. The van der Waals surface area contributed by atoms with Crippen molar-refractivity contribution in [2.24, 2.45) is 0 Å². The van der Waals surface area contributed by atoms with Crippen LogP contribution in [0.5, 0.6) is 0 Å². The van der Waals surface area contributed by atoms with Gasteiger partial charge in [-0.3, -0.25) is 5.32 Å². The second-order valence-corrected chi connectivity index (χ2v) is 5.76. The molecule has 0 atom stereocenters. The largest absolute Gasteiger partial charge is 0.396 e. The summed E-state index contributed by atoms with van der Waals surface area (Å²) >= 11 is 0. The van der Waals surface area contributed by atoms with Gasteiger partial charge >= 0.3 is 6.03 Å². The molecular formula is C19H21N5O2. The van der Waals surface area contributed by atoms with Crippen LogP contribution in [0.1, 0.15) is 12.8 Å². The van der Waals surface area contributed by atoms with E-state index in [1.807, 2.05) is 42.5 Å². The minimum Gasteiger partial charge on any atom is -0.396 e. The lowest BCUT2D eigenvalue weighted by Gasteiger charge is -2.09. The first-order valence-corrected chi connectivity index (χ1v) is 8.49. The molecule has 3 aromatic rings. The van der Waals surface area contributed by atoms with Crippen LogP contribution in [-0.2, 0) is 0 Å². The van der Waals surface area contributed by atoms with E-state index < -0.39 is 6.03 Å². The highest BCUT2D eigenvalue weighted by Gasteiger charge is 2.06. The number of carbonyl (C=O) groups excluding carboxylic acids is 1. The Kier molecular flexibility index (Phi) is 5.95. The summed E-state index contributed by atoms with van der Waals surface area (Å²) in [4.78, 5) is 20.5. The molecular weight excluding hydrogens is 330 g/mol. The van der Waals surface area contributed by atoms with E-state index in [1.165, 1.54) is 0 Å². The van der Waals surface area contributed by atoms with Gasteiger partial charge in [0.05, 0.1) is 0 Å². The van der Waals surface area contributed by atoms with Crippen LogP contribution in [0.4, 0.5) is 22.2 Å². The Hall–Kier alpha value is -3.19. The molecule has 1 aromatic heterocycles. The van der Waals surface area contributed by atoms with Crippen LogP contribution in [-0.4, -0.2) is 34.3 Å². The second kappa shape index (κ2) is 8.77. The zero-order valence-corrected chi connectivity index (χ0v) is 14.3. The normalized spacial score (nSPS) is 10.5. The number of rotatable bonds is 7. The van der Waals surface area contributed by atoms with Gasteiger partial charge in [0, 0.05) is 25.0 Å². The predicted octanol–water partition coefficient (Wildman–Crippen LogP) is 3.46. The van der Waals surface area contributed by atoms with Gasteiger partial charge < -0.3 is 15.7 Å². The van der Waals surface area contributed by atoms with Crippen molar-refractivity contribution in [2.75, 3.05) is 29.1 Å². The first-order valence-electron chi connectivity index (χ1n) is 8.49. The third-order valence-corrected chi connectivity index (χ3v) is 3.78. The number of aliphatic hydroxyl groups is 1. The standard InChI is InChI=1S/C19H21N5O2/c25-12-4-3-10-20-17-9-11-21-18(23-17)24-19(26)22-16-8-7-14-5-1-2-6-15(14)13-16/h1-2,5-9,11,13,25H,3-4,10,12H2,(H3,20,21,22,23,24,26). The van der Waals surface area contributed by atoms with Gasteiger partial charge in [-0.1, -0.05) is 30.3 Å². The van der Waals surface area contributed by atoms with Gasteiger partial charge in [-0.15, -0.1) is 0 Å². The first kappa shape index (κ1) is 17.6. The molecule has 2 aromatic carbocycles. The Bertz CT molecular complexity index is 884. The number of carbonyl (C=O) groups is 1. The molecule has 3 rings (SSSR count). The summed E-state index contributed by atoms with van der Waals surface area (Å²) in [5.74, 6) is 0.842. The maximum atomic E-state index is 12.2. The number of aromatic nitrogens is 2. The maximum absolute atomic E-state index is 12.2. The summed E-state index contributed by atoms with van der Waals surface area (Å²) in [6.45, 7) is 0.869. The molecule has 7 heteroatoms. The van der Waals surface area contributed by atoms with Gasteiger partial charge in [0.1, 0.15) is 5.82 Å². The highest BCUT2D eigenvalue weighted by atomic mass is 16.2. The Morgan fingerprint density at radius 2 is 1.85 bits per heavy atom. The SMILES string of the molecule is O=C(Nc1ccc2ccccc2c1)Nc1nccc(NCCCCO)n1. The Balaban J connectivity index is 1.58. The minimum absolute atomic E-state index is 0.174. The Morgan fingerprint density at radius 3 is 2.69 bits per heavy atom. The van der Waals surface area contributed by atoms with Crippen molar-refractivity contribution in [3.05, 3.63) is 54.7 Å². The second-order valence-electron chi connectivity index (χ2n) is 5.76. The molecule has 0 aliphatic heterocycles. The monoisotopic (exact) mass is 351 g/mol. The molecule has 0 fully saturated rings. The highest BCUT2D eigenvalue weighted by molar-refractivity contribution is 6.00. The van der Waals surface area contributed by atoms with Gasteiger partial charge in [-0.2, -0.15) is 4.98 Å². The quantitative estimate of drug-likeness (QED) is 0.489. The molecule has 0 unspecified atom stereocenters. The van der Waals surface area contributed by atoms with Crippen LogP contribution < -0.4 is 16.0 Å². The number of anilines is 3. The molecule has 0 radical (unpaired) electrons. The van der Waals surface area contributed by atoms with Crippen LogP contribution in [0.15, 0.2) is 54.7 Å². The smallest absolute Gasteiger partial charge is 0.326 e. The number of aliphatic hydroxyl groups excluding tert-OH is 1. The van der Waals surface area contributed by atoms with Crippen LogP contribution in [0.3, 0.4) is 0 Å². The van der Waals surface area contributed by atoms with Crippen molar-refractivity contribution in [1.82, 2.24) is 9.97 Å². The van der Waals surface area contributed by atoms with E-state index in [2.05, 4.69) is 25.9 Å². The molecule has 0 aliphatic rings. The lowest BCUT2D eigenvalue weighted by Crippen LogP contribution is -2.21. The number of fused-ring (bicyclic) bond motifs is 1. The molecule has 26 heavy (non-hydrogen) atoms. The zero-order chi connectivity index (χ0) is 18.2. The molecule has 0 aliphatic carbocycles. The zero-order valence-electron chi connectivity index (χ0n) is 14.3. The van der Waals surface area contributed by atoms with Gasteiger partial charge in [-0.25, -0.2) is 9.78 Å². The molecule has 0 saturated carbocycles. The summed E-state index contributed by atoms with van der Waals surface area (Å²) < 4.78 is 0. The van der Waals surface area contributed by atoms with E-state index in [9.17, 15) is 4.79 Å². The van der Waals surface area contributed by atoms with E-state index in [-0.39, 0.29) is 12.6 Å². The van der Waals surface area contributed by atoms with Crippen LogP contribution >= 0.6 is 0 Å². The van der Waals surface area contributed by atoms with Crippen molar-refractivity contribution in [2.45, 2.75) is 12.8 Å². The van der Waals surface area contributed by atoms with Crippen LogP contribution in [0.25, 0.3) is 10.8 Å². The molecule has 0 saturated heterocycles. The lowest BCUT2D eigenvalue weighted by atomic mass is 10.1. The van der Waals surface area contributed by atoms with Gasteiger partial charge in [-0.05, 0) is 41.8 Å². The van der Waals surface area contributed by atoms with Crippen molar-refractivity contribution < 1.29 is 9.90 Å². The number of urea groups is 1. The van der Waals surface area contributed by atoms with E-state index in [0.717, 1.165) is 23.6 Å². The van der Waals surface area contributed by atoms with Crippen molar-refractivity contribution >= 4 is 34.3 Å². The van der Waals surface area contributed by atoms with E-state index >= 15 is 0 Å². The number of amides is 2. The van der Waals surface area contributed by atoms with Crippen LogP contribution in [0, 0.1) is 0 Å². The van der Waals surface area contributed by atoms with Crippen molar-refractivity contribution in [3.8, 4) is 0 Å². The number of benzene rings is 2. The summed E-state index contributed by atoms with van der Waals surface area (Å²) in [6.07, 6.45) is 3.15. The predicted molar refractivity (Wildman–Crippen MR) is 103 cm³/mol. The van der Waals surface area contributed by atoms with Gasteiger partial charge in [0.25, 0.3) is 0 Å². The minimum atomic E-state index is -0.405. The van der Waals surface area contributed by atoms with Crippen molar-refractivity contribution in [1.29, 1.82) is 0 Å². The summed E-state index contributed by atoms with van der Waals surface area (Å²) in [5.41, 5.74) is 0.694. The van der Waals surface area contributed by atoms with Gasteiger partial charge in [0.2, 0.25) is 5.95 Å². The molecule has 2 amide bonds. The fourth-order valence-corrected chi connectivity index (χ4v) is 2.50. The third kappa shape index (κ3) is 4.90. The lowest BCUT2D eigenvalue weighted by molar-refractivity contribution is 0.262. The third-order valence-electron chi connectivity index (χ3n) is 3.78. The highest BCUT2D eigenvalue weighted by Crippen LogP contribution is 2.19. The fraction of sp³-hybridized carbons (Fsp3) is 0.211. The number of hydrogen-bond acceptors (Lipinski definition) is 5. The Morgan fingerprint density at radius 1 is 1.00 bits per heavy atom. The fourth-order valence-electron chi connectivity index (χ4n) is 2.50. The number of unbranched alkanes of at least 4 members (excludes halogenated alkanes) is 1. The molecule has 0 spiro atoms. The average molecular weight is 351 g/mol. The first-order chi connectivity index (χ1) is 12.7. The van der Waals surface area contributed by atoms with Crippen LogP contribution in [0.2, 0.25) is 0 Å². The summed E-state index contributed by atoms with van der Waals surface area (Å²) in [7, 11) is 0. The van der Waals surface area contributed by atoms with E-state index in [1.54, 1.807) is 12.3 Å². The molecule has 134 valence electrons. The number of nitrogens with one attached hydrogen (secondary N) is 3. The summed E-state index contributed by atoms with van der Waals surface area (Å²) in [5, 5.41) is 19.5. The molecule has 0 bridgehead atoms. The topological polar surface area (TPSA) is 99.2 Å². The average Bonchev–Trinajstić information content (AvgIpc) is 2.65.